The first kappa shape index (κ1) is 14.2. The summed E-state index contributed by atoms with van der Waals surface area (Å²) < 4.78 is 0. The standard InChI is InChI=1S/C14H20N4O2/c1-14(2,8-11(15)19)18-13(20)9-4-3-5-10-12(9)17-7-6-16-10/h3-5,16-17H,6-8H2,1-2H3,(H2,15,19)(H,18,20). The van der Waals surface area contributed by atoms with Crippen molar-refractivity contribution in [1.29, 1.82) is 0 Å². The molecule has 0 saturated heterocycles. The summed E-state index contributed by atoms with van der Waals surface area (Å²) in [4.78, 5) is 23.4. The van der Waals surface area contributed by atoms with Crippen LogP contribution in [-0.4, -0.2) is 30.4 Å². The third kappa shape index (κ3) is 3.20. The molecule has 0 bridgehead atoms. The van der Waals surface area contributed by atoms with Gasteiger partial charge in [-0.2, -0.15) is 0 Å². The van der Waals surface area contributed by atoms with Gasteiger partial charge in [0, 0.05) is 25.0 Å². The van der Waals surface area contributed by atoms with Gasteiger partial charge in [0.05, 0.1) is 16.9 Å². The number of primary amides is 1. The van der Waals surface area contributed by atoms with E-state index in [0.717, 1.165) is 24.5 Å². The second-order valence-electron chi connectivity index (χ2n) is 5.56. The molecule has 0 unspecified atom stereocenters. The molecule has 2 amide bonds. The smallest absolute Gasteiger partial charge is 0.253 e. The number of hydrogen-bond acceptors (Lipinski definition) is 4. The number of nitrogens with two attached hydrogens (primary N) is 1. The number of nitrogens with one attached hydrogen (secondary N) is 3. The van der Waals surface area contributed by atoms with Crippen molar-refractivity contribution in [2.75, 3.05) is 23.7 Å². The van der Waals surface area contributed by atoms with E-state index in [1.165, 1.54) is 0 Å². The topological polar surface area (TPSA) is 96.2 Å². The molecule has 0 aliphatic carbocycles. The Morgan fingerprint density at radius 2 is 2.00 bits per heavy atom. The number of carbonyl (C=O) groups excluding carboxylic acids is 2. The van der Waals surface area contributed by atoms with E-state index in [2.05, 4.69) is 16.0 Å². The SMILES string of the molecule is CC(C)(CC(N)=O)NC(=O)c1cccc2c1NCCN2. The molecule has 1 aliphatic heterocycles. The summed E-state index contributed by atoms with van der Waals surface area (Å²) in [5.41, 5.74) is 6.79. The van der Waals surface area contributed by atoms with Crippen molar-refractivity contribution in [2.24, 2.45) is 5.73 Å². The third-order valence-electron chi connectivity index (χ3n) is 3.12. The molecule has 1 heterocycles. The second kappa shape index (κ2) is 5.40. The van der Waals surface area contributed by atoms with Crippen molar-refractivity contribution in [3.8, 4) is 0 Å². The molecule has 1 aromatic carbocycles. The maximum absolute atomic E-state index is 12.4. The number of hydrogen-bond donors (Lipinski definition) is 4. The highest BCUT2D eigenvalue weighted by molar-refractivity contribution is 6.03. The van der Waals surface area contributed by atoms with Crippen LogP contribution in [0.4, 0.5) is 11.4 Å². The van der Waals surface area contributed by atoms with Gasteiger partial charge in [-0.25, -0.2) is 0 Å². The van der Waals surface area contributed by atoms with Gasteiger partial charge in [0.2, 0.25) is 5.91 Å². The van der Waals surface area contributed by atoms with Crippen LogP contribution in [0, 0.1) is 0 Å². The first-order valence-electron chi connectivity index (χ1n) is 6.61. The molecular weight excluding hydrogens is 256 g/mol. The summed E-state index contributed by atoms with van der Waals surface area (Å²) in [6, 6.07) is 5.51. The van der Waals surface area contributed by atoms with Crippen LogP contribution in [0.5, 0.6) is 0 Å². The molecule has 6 nitrogen and oxygen atoms in total. The number of carbonyl (C=O) groups is 2. The van der Waals surface area contributed by atoms with E-state index in [1.807, 2.05) is 12.1 Å². The van der Waals surface area contributed by atoms with Crippen molar-refractivity contribution < 1.29 is 9.59 Å². The van der Waals surface area contributed by atoms with Crippen LogP contribution in [0.1, 0.15) is 30.6 Å². The van der Waals surface area contributed by atoms with Crippen molar-refractivity contribution in [1.82, 2.24) is 5.32 Å². The van der Waals surface area contributed by atoms with E-state index in [9.17, 15) is 9.59 Å². The van der Waals surface area contributed by atoms with Crippen LogP contribution in [0.3, 0.4) is 0 Å². The number of rotatable bonds is 4. The Bertz CT molecular complexity index is 540. The quantitative estimate of drug-likeness (QED) is 0.657. The van der Waals surface area contributed by atoms with Gasteiger partial charge in [0.15, 0.2) is 0 Å². The number of para-hydroxylation sites is 1. The highest BCUT2D eigenvalue weighted by atomic mass is 16.2. The van der Waals surface area contributed by atoms with Gasteiger partial charge >= 0.3 is 0 Å². The van der Waals surface area contributed by atoms with Crippen molar-refractivity contribution in [3.05, 3.63) is 23.8 Å². The summed E-state index contributed by atoms with van der Waals surface area (Å²) >= 11 is 0. The first-order chi connectivity index (χ1) is 9.39. The molecule has 0 atom stereocenters. The minimum absolute atomic E-state index is 0.0967. The maximum Gasteiger partial charge on any atom is 0.253 e. The van der Waals surface area contributed by atoms with Gasteiger partial charge in [0.1, 0.15) is 0 Å². The summed E-state index contributed by atoms with van der Waals surface area (Å²) in [5, 5.41) is 9.31. The zero-order valence-corrected chi connectivity index (χ0v) is 11.7. The van der Waals surface area contributed by atoms with E-state index in [0.29, 0.717) is 5.56 Å². The largest absolute Gasteiger partial charge is 0.382 e. The number of fused-ring (bicyclic) bond motifs is 1. The predicted molar refractivity (Wildman–Crippen MR) is 78.8 cm³/mol. The zero-order chi connectivity index (χ0) is 14.8. The molecule has 0 saturated carbocycles. The van der Waals surface area contributed by atoms with Crippen molar-refractivity contribution >= 4 is 23.2 Å². The fraction of sp³-hybridized carbons (Fsp3) is 0.429. The van der Waals surface area contributed by atoms with E-state index >= 15 is 0 Å². The van der Waals surface area contributed by atoms with Crippen molar-refractivity contribution in [2.45, 2.75) is 25.8 Å². The molecule has 6 heteroatoms. The Morgan fingerprint density at radius 1 is 1.30 bits per heavy atom. The van der Waals surface area contributed by atoms with Crippen LogP contribution < -0.4 is 21.7 Å². The third-order valence-corrected chi connectivity index (χ3v) is 3.12. The lowest BCUT2D eigenvalue weighted by atomic mass is 9.99. The highest BCUT2D eigenvalue weighted by Gasteiger charge is 2.25. The van der Waals surface area contributed by atoms with Gasteiger partial charge in [-0.15, -0.1) is 0 Å². The minimum Gasteiger partial charge on any atom is -0.382 e. The fourth-order valence-electron chi connectivity index (χ4n) is 2.32. The predicted octanol–water partition coefficient (Wildman–Crippen LogP) is 0.908. The van der Waals surface area contributed by atoms with Gasteiger partial charge in [0.25, 0.3) is 5.91 Å². The summed E-state index contributed by atoms with van der Waals surface area (Å²) in [5.74, 6) is -0.658. The maximum atomic E-state index is 12.4. The lowest BCUT2D eigenvalue weighted by molar-refractivity contribution is -0.119. The zero-order valence-electron chi connectivity index (χ0n) is 11.7. The molecule has 5 N–H and O–H groups in total. The number of amides is 2. The average molecular weight is 276 g/mol. The van der Waals surface area contributed by atoms with E-state index in [-0.39, 0.29) is 12.3 Å². The highest BCUT2D eigenvalue weighted by Crippen LogP contribution is 2.28. The van der Waals surface area contributed by atoms with Crippen LogP contribution in [0.2, 0.25) is 0 Å². The van der Waals surface area contributed by atoms with Crippen LogP contribution in [-0.2, 0) is 4.79 Å². The molecule has 0 fully saturated rings. The summed E-state index contributed by atoms with van der Waals surface area (Å²) in [7, 11) is 0. The van der Waals surface area contributed by atoms with E-state index < -0.39 is 11.4 Å². The van der Waals surface area contributed by atoms with Gasteiger partial charge in [-0.3, -0.25) is 9.59 Å². The monoisotopic (exact) mass is 276 g/mol. The number of anilines is 2. The Labute approximate surface area is 118 Å². The van der Waals surface area contributed by atoms with E-state index in [4.69, 9.17) is 5.73 Å². The molecule has 0 aromatic heterocycles. The summed E-state index contributed by atoms with van der Waals surface area (Å²) in [6.45, 7) is 5.14. The lowest BCUT2D eigenvalue weighted by Gasteiger charge is -2.27. The van der Waals surface area contributed by atoms with Crippen LogP contribution in [0.25, 0.3) is 0 Å². The Morgan fingerprint density at radius 3 is 2.70 bits per heavy atom. The van der Waals surface area contributed by atoms with Crippen LogP contribution >= 0.6 is 0 Å². The first-order valence-corrected chi connectivity index (χ1v) is 6.61. The minimum atomic E-state index is -0.673. The number of benzene rings is 1. The van der Waals surface area contributed by atoms with Crippen molar-refractivity contribution in [3.63, 3.8) is 0 Å². The molecular formula is C14H20N4O2. The Kier molecular flexibility index (Phi) is 3.83. The molecule has 1 aromatic rings. The molecule has 0 radical (unpaired) electrons. The lowest BCUT2D eigenvalue weighted by Crippen LogP contribution is -2.46. The Balaban J connectivity index is 2.20. The molecule has 2 rings (SSSR count). The Hall–Kier alpha value is -2.24. The van der Waals surface area contributed by atoms with Crippen LogP contribution in [0.15, 0.2) is 18.2 Å². The van der Waals surface area contributed by atoms with Gasteiger partial charge < -0.3 is 21.7 Å². The molecule has 0 spiro atoms. The fourth-order valence-corrected chi connectivity index (χ4v) is 2.32. The van der Waals surface area contributed by atoms with Gasteiger partial charge in [-0.1, -0.05) is 6.07 Å². The van der Waals surface area contributed by atoms with Gasteiger partial charge in [-0.05, 0) is 26.0 Å². The molecule has 1 aliphatic rings. The average Bonchev–Trinajstić information content (AvgIpc) is 2.35. The summed E-state index contributed by atoms with van der Waals surface area (Å²) in [6.07, 6.45) is 0.0967. The second-order valence-corrected chi connectivity index (χ2v) is 5.56. The molecule has 20 heavy (non-hydrogen) atoms. The van der Waals surface area contributed by atoms with E-state index in [1.54, 1.807) is 19.9 Å². The normalized spacial score (nSPS) is 13.7. The molecule has 108 valence electrons.